The van der Waals surface area contributed by atoms with Crippen LogP contribution in [0.2, 0.25) is 0 Å². The van der Waals surface area contributed by atoms with E-state index in [2.05, 4.69) is 0 Å². The fourth-order valence-corrected chi connectivity index (χ4v) is 2.92. The van der Waals surface area contributed by atoms with Gasteiger partial charge in [-0.15, -0.1) is 0 Å². The third-order valence-corrected chi connectivity index (χ3v) is 4.06. The Morgan fingerprint density at radius 1 is 1.33 bits per heavy atom. The molecule has 0 unspecified atom stereocenters. The van der Waals surface area contributed by atoms with Gasteiger partial charge in [0, 0.05) is 19.5 Å². The fourth-order valence-electron chi connectivity index (χ4n) is 2.92. The average molecular weight is 292 g/mol. The SMILES string of the molecule is Cc1ccc(CN2C(=O)CC[C@@H]2C(=O)N2CCOCC2)o1. The number of morpholine rings is 1. The minimum atomic E-state index is -0.360. The summed E-state index contributed by atoms with van der Waals surface area (Å²) in [5, 5.41) is 0. The fraction of sp³-hybridized carbons (Fsp3) is 0.600. The Labute approximate surface area is 123 Å². The number of carbonyl (C=O) groups is 2. The van der Waals surface area contributed by atoms with Gasteiger partial charge in [0.2, 0.25) is 11.8 Å². The van der Waals surface area contributed by atoms with Crippen LogP contribution in [0.4, 0.5) is 0 Å². The highest BCUT2D eigenvalue weighted by molar-refractivity contribution is 5.90. The Bertz CT molecular complexity index is 534. The molecule has 0 saturated carbocycles. The van der Waals surface area contributed by atoms with E-state index in [1.165, 1.54) is 0 Å². The molecule has 0 aliphatic carbocycles. The van der Waals surface area contributed by atoms with Crippen molar-refractivity contribution in [1.82, 2.24) is 9.80 Å². The zero-order valence-electron chi connectivity index (χ0n) is 12.2. The van der Waals surface area contributed by atoms with Gasteiger partial charge >= 0.3 is 0 Å². The van der Waals surface area contributed by atoms with Gasteiger partial charge in [-0.1, -0.05) is 0 Å². The molecular formula is C15H20N2O4. The standard InChI is InChI=1S/C15H20N2O4/c1-11-2-3-12(21-11)10-17-13(4-5-14(17)18)15(19)16-6-8-20-9-7-16/h2-3,13H,4-10H2,1H3/t13-/m1/s1. The number of ether oxygens (including phenoxy) is 1. The molecule has 21 heavy (non-hydrogen) atoms. The first-order valence-electron chi connectivity index (χ1n) is 7.36. The van der Waals surface area contributed by atoms with Crippen molar-refractivity contribution >= 4 is 11.8 Å². The first kappa shape index (κ1) is 14.1. The van der Waals surface area contributed by atoms with Gasteiger partial charge in [0.15, 0.2) is 0 Å². The Balaban J connectivity index is 1.70. The van der Waals surface area contributed by atoms with Gasteiger partial charge in [0.1, 0.15) is 17.6 Å². The van der Waals surface area contributed by atoms with Gasteiger partial charge in [-0.05, 0) is 25.5 Å². The highest BCUT2D eigenvalue weighted by Crippen LogP contribution is 2.24. The van der Waals surface area contributed by atoms with Crippen LogP contribution in [-0.4, -0.2) is 54.0 Å². The first-order chi connectivity index (χ1) is 10.1. The number of hydrogen-bond acceptors (Lipinski definition) is 4. The number of nitrogens with zero attached hydrogens (tertiary/aromatic N) is 2. The molecule has 2 aliphatic rings. The molecule has 2 aliphatic heterocycles. The van der Waals surface area contributed by atoms with Gasteiger partial charge < -0.3 is 19.0 Å². The van der Waals surface area contributed by atoms with E-state index in [4.69, 9.17) is 9.15 Å². The molecule has 1 aromatic heterocycles. The quantitative estimate of drug-likeness (QED) is 0.831. The van der Waals surface area contributed by atoms with Crippen molar-refractivity contribution in [2.75, 3.05) is 26.3 Å². The summed E-state index contributed by atoms with van der Waals surface area (Å²) in [6, 6.07) is 3.37. The molecule has 0 spiro atoms. The van der Waals surface area contributed by atoms with E-state index in [-0.39, 0.29) is 17.9 Å². The Morgan fingerprint density at radius 3 is 2.76 bits per heavy atom. The molecule has 0 N–H and O–H groups in total. The van der Waals surface area contributed by atoms with Crippen molar-refractivity contribution in [3.05, 3.63) is 23.7 Å². The molecule has 3 heterocycles. The largest absolute Gasteiger partial charge is 0.464 e. The predicted molar refractivity (Wildman–Crippen MR) is 74.4 cm³/mol. The van der Waals surface area contributed by atoms with Gasteiger partial charge in [-0.25, -0.2) is 0 Å². The molecule has 6 nitrogen and oxygen atoms in total. The minimum Gasteiger partial charge on any atom is -0.464 e. The zero-order chi connectivity index (χ0) is 14.8. The maximum absolute atomic E-state index is 12.6. The molecule has 0 radical (unpaired) electrons. The van der Waals surface area contributed by atoms with Crippen molar-refractivity contribution in [2.45, 2.75) is 32.4 Å². The van der Waals surface area contributed by atoms with Crippen LogP contribution >= 0.6 is 0 Å². The summed E-state index contributed by atoms with van der Waals surface area (Å²) < 4.78 is 10.8. The van der Waals surface area contributed by atoms with Crippen molar-refractivity contribution in [2.24, 2.45) is 0 Å². The van der Waals surface area contributed by atoms with Crippen LogP contribution in [0.3, 0.4) is 0 Å². The molecule has 1 atom stereocenters. The number of likely N-dealkylation sites (tertiary alicyclic amines) is 1. The van der Waals surface area contributed by atoms with E-state index in [1.807, 2.05) is 19.1 Å². The molecule has 1 aromatic rings. The summed E-state index contributed by atoms with van der Waals surface area (Å²) in [7, 11) is 0. The normalized spacial score (nSPS) is 22.9. The summed E-state index contributed by atoms with van der Waals surface area (Å²) >= 11 is 0. The molecule has 6 heteroatoms. The molecule has 2 amide bonds. The van der Waals surface area contributed by atoms with Crippen molar-refractivity contribution in [3.8, 4) is 0 Å². The Kier molecular flexibility index (Phi) is 3.96. The second kappa shape index (κ2) is 5.89. The Morgan fingerprint density at radius 2 is 2.10 bits per heavy atom. The van der Waals surface area contributed by atoms with E-state index in [0.29, 0.717) is 45.7 Å². The number of carbonyl (C=O) groups excluding carboxylic acids is 2. The highest BCUT2D eigenvalue weighted by Gasteiger charge is 2.38. The van der Waals surface area contributed by atoms with Gasteiger partial charge in [0.25, 0.3) is 0 Å². The molecule has 3 rings (SSSR count). The van der Waals surface area contributed by atoms with Crippen LogP contribution in [-0.2, 0) is 20.9 Å². The number of rotatable bonds is 3. The summed E-state index contributed by atoms with van der Waals surface area (Å²) in [5.41, 5.74) is 0. The van der Waals surface area contributed by atoms with Crippen LogP contribution < -0.4 is 0 Å². The monoisotopic (exact) mass is 292 g/mol. The second-order valence-electron chi connectivity index (χ2n) is 5.53. The van der Waals surface area contributed by atoms with Crippen LogP contribution in [0, 0.1) is 6.92 Å². The van der Waals surface area contributed by atoms with E-state index >= 15 is 0 Å². The number of amides is 2. The predicted octanol–water partition coefficient (Wildman–Crippen LogP) is 0.938. The summed E-state index contributed by atoms with van der Waals surface area (Å²) in [6.07, 6.45) is 1.02. The lowest BCUT2D eigenvalue weighted by Gasteiger charge is -2.32. The van der Waals surface area contributed by atoms with Gasteiger partial charge in [-0.2, -0.15) is 0 Å². The summed E-state index contributed by atoms with van der Waals surface area (Å²) in [4.78, 5) is 28.1. The molecule has 2 fully saturated rings. The lowest BCUT2D eigenvalue weighted by Crippen LogP contribution is -2.50. The molecular weight excluding hydrogens is 272 g/mol. The maximum Gasteiger partial charge on any atom is 0.245 e. The smallest absolute Gasteiger partial charge is 0.245 e. The lowest BCUT2D eigenvalue weighted by molar-refractivity contribution is -0.144. The van der Waals surface area contributed by atoms with Crippen LogP contribution in [0.5, 0.6) is 0 Å². The molecule has 2 saturated heterocycles. The third kappa shape index (κ3) is 2.95. The third-order valence-electron chi connectivity index (χ3n) is 4.06. The molecule has 0 bridgehead atoms. The van der Waals surface area contributed by atoms with Crippen molar-refractivity contribution in [3.63, 3.8) is 0 Å². The lowest BCUT2D eigenvalue weighted by atomic mass is 10.2. The van der Waals surface area contributed by atoms with Crippen molar-refractivity contribution in [1.29, 1.82) is 0 Å². The van der Waals surface area contributed by atoms with E-state index < -0.39 is 0 Å². The first-order valence-corrected chi connectivity index (χ1v) is 7.36. The number of hydrogen-bond donors (Lipinski definition) is 0. The van der Waals surface area contributed by atoms with Crippen LogP contribution in [0.15, 0.2) is 16.5 Å². The minimum absolute atomic E-state index is 0.0238. The zero-order valence-corrected chi connectivity index (χ0v) is 12.2. The summed E-state index contributed by atoms with van der Waals surface area (Å²) in [5.74, 6) is 1.60. The average Bonchev–Trinajstić information content (AvgIpc) is 3.07. The number of aryl methyl sites for hydroxylation is 1. The highest BCUT2D eigenvalue weighted by atomic mass is 16.5. The topological polar surface area (TPSA) is 63.0 Å². The molecule has 114 valence electrons. The summed E-state index contributed by atoms with van der Waals surface area (Å²) in [6.45, 7) is 4.60. The van der Waals surface area contributed by atoms with E-state index in [0.717, 1.165) is 11.5 Å². The van der Waals surface area contributed by atoms with Gasteiger partial charge in [-0.3, -0.25) is 9.59 Å². The second-order valence-corrected chi connectivity index (χ2v) is 5.53. The van der Waals surface area contributed by atoms with Crippen LogP contribution in [0.1, 0.15) is 24.4 Å². The van der Waals surface area contributed by atoms with Crippen molar-refractivity contribution < 1.29 is 18.7 Å². The maximum atomic E-state index is 12.6. The Hall–Kier alpha value is -1.82. The van der Waals surface area contributed by atoms with E-state index in [9.17, 15) is 9.59 Å². The van der Waals surface area contributed by atoms with Gasteiger partial charge in [0.05, 0.1) is 19.8 Å². The number of furan rings is 1. The van der Waals surface area contributed by atoms with Crippen LogP contribution in [0.25, 0.3) is 0 Å². The van der Waals surface area contributed by atoms with E-state index in [1.54, 1.807) is 9.80 Å². The molecule has 0 aromatic carbocycles.